The summed E-state index contributed by atoms with van der Waals surface area (Å²) in [5.74, 6) is 0.0427. The maximum atomic E-state index is 13.2. The Balaban J connectivity index is 1.43. The van der Waals surface area contributed by atoms with Crippen molar-refractivity contribution in [1.82, 2.24) is 0 Å². The van der Waals surface area contributed by atoms with Crippen molar-refractivity contribution in [2.45, 2.75) is 51.0 Å². The second kappa shape index (κ2) is 11.8. The summed E-state index contributed by atoms with van der Waals surface area (Å²) in [6.07, 6.45) is -2.72. The van der Waals surface area contributed by atoms with Gasteiger partial charge in [-0.2, -0.15) is 0 Å². The first-order chi connectivity index (χ1) is 19.1. The Kier molecular flexibility index (Phi) is 8.61. The minimum atomic E-state index is -4.64. The summed E-state index contributed by atoms with van der Waals surface area (Å²) < 4.78 is 54.3. The number of aliphatic hydroxyl groups excluding tert-OH is 3. The number of fused-ring (bicyclic) bond motifs is 3. The van der Waals surface area contributed by atoms with E-state index in [1.165, 1.54) is 6.07 Å². The number of anilines is 1. The monoisotopic (exact) mass is 687 g/mol. The summed E-state index contributed by atoms with van der Waals surface area (Å²) in [7, 11) is -2.73. The van der Waals surface area contributed by atoms with Crippen molar-refractivity contribution in [2.24, 2.45) is 0 Å². The third-order valence-electron chi connectivity index (χ3n) is 7.09. The number of hydrogen-bond acceptors (Lipinski definition) is 11. The molecule has 216 valence electrons. The van der Waals surface area contributed by atoms with E-state index in [-0.39, 0.29) is 30.3 Å². The van der Waals surface area contributed by atoms with Gasteiger partial charge in [-0.05, 0) is 53.6 Å². The summed E-state index contributed by atoms with van der Waals surface area (Å²) in [5, 5.41) is 30.9. The van der Waals surface area contributed by atoms with Gasteiger partial charge in [-0.15, -0.1) is 8.42 Å². The van der Waals surface area contributed by atoms with E-state index in [1.54, 1.807) is 60.3 Å². The van der Waals surface area contributed by atoms with Crippen LogP contribution in [0.15, 0.2) is 42.5 Å². The first-order valence-electron chi connectivity index (χ1n) is 12.7. The maximum absolute atomic E-state index is 13.2. The number of aliphatic hydroxyl groups is 3. The van der Waals surface area contributed by atoms with Gasteiger partial charge < -0.3 is 41.1 Å². The third-order valence-corrected chi connectivity index (χ3v) is 8.51. The van der Waals surface area contributed by atoms with E-state index in [0.29, 0.717) is 16.5 Å². The minimum absolute atomic E-state index is 0.0641. The fourth-order valence-electron chi connectivity index (χ4n) is 5.03. The predicted octanol–water partition coefficient (Wildman–Crippen LogP) is 2.92. The molecule has 5 rings (SSSR count). The molecule has 0 aromatic heterocycles. The van der Waals surface area contributed by atoms with E-state index in [2.05, 4.69) is 0 Å². The van der Waals surface area contributed by atoms with Crippen LogP contribution in [0.5, 0.6) is 17.2 Å². The number of aryl methyl sites for hydroxylation is 1. The summed E-state index contributed by atoms with van der Waals surface area (Å²) in [6.45, 7) is 1.94. The number of hydrogen-bond donors (Lipinski definition) is 3. The van der Waals surface area contributed by atoms with Crippen LogP contribution in [0.1, 0.15) is 23.1 Å². The average molecular weight is 688 g/mol. The molecule has 3 aromatic carbocycles. The molecular weight excluding hydrogens is 657 g/mol. The lowest BCUT2D eigenvalue weighted by molar-refractivity contribution is -0.221. The number of rotatable bonds is 9. The van der Waals surface area contributed by atoms with Crippen molar-refractivity contribution in [3.63, 3.8) is 0 Å². The Bertz CT molecular complexity index is 1490. The molecule has 3 N–H and O–H groups in total. The van der Waals surface area contributed by atoms with Gasteiger partial charge in [0.15, 0.2) is 17.2 Å². The molecule has 11 nitrogen and oxygen atoms in total. The Morgan fingerprint density at radius 2 is 1.82 bits per heavy atom. The van der Waals surface area contributed by atoms with E-state index in [4.69, 9.17) is 20.9 Å². The highest BCUT2D eigenvalue weighted by molar-refractivity contribution is 14.1. The van der Waals surface area contributed by atoms with Crippen LogP contribution in [0.4, 0.5) is 5.69 Å². The third kappa shape index (κ3) is 5.95. The smallest absolute Gasteiger partial charge is 0.461 e. The van der Waals surface area contributed by atoms with Crippen molar-refractivity contribution in [2.75, 3.05) is 25.1 Å². The molecule has 0 saturated carbocycles. The molecule has 1 saturated heterocycles. The van der Waals surface area contributed by atoms with Crippen molar-refractivity contribution in [1.29, 1.82) is 0 Å². The molecule has 2 aliphatic rings. The standard InChI is InChI=1S/C27H30INO10S/c1-15-3-6-21(35-26-12-24(37-28)27(32)25(14-31)36-26)23(9-15)39-40(33,34)38-22-11-20-17(7-8-29(20)2)19-10-16(13-30)4-5-18(19)22/h3-6,9-11,24-27,30-32H,7-8,12-14H2,1-2H3. The zero-order valence-corrected chi connectivity index (χ0v) is 24.8. The zero-order chi connectivity index (χ0) is 28.6. The fourth-order valence-corrected chi connectivity index (χ4v) is 6.28. The molecule has 40 heavy (non-hydrogen) atoms. The van der Waals surface area contributed by atoms with Gasteiger partial charge in [-0.1, -0.05) is 18.2 Å². The van der Waals surface area contributed by atoms with Gasteiger partial charge in [0.1, 0.15) is 41.3 Å². The summed E-state index contributed by atoms with van der Waals surface area (Å²) in [4.78, 5) is 2.01. The fraction of sp³-hybridized carbons (Fsp3) is 0.407. The van der Waals surface area contributed by atoms with Crippen LogP contribution in [-0.4, -0.2) is 68.5 Å². The van der Waals surface area contributed by atoms with Gasteiger partial charge >= 0.3 is 10.4 Å². The summed E-state index contributed by atoms with van der Waals surface area (Å²) in [6, 6.07) is 11.7. The van der Waals surface area contributed by atoms with E-state index in [9.17, 15) is 23.7 Å². The van der Waals surface area contributed by atoms with Gasteiger partial charge in [-0.25, -0.2) is 0 Å². The van der Waals surface area contributed by atoms with Crippen LogP contribution in [0, 0.1) is 6.92 Å². The van der Waals surface area contributed by atoms with Crippen molar-refractivity contribution in [3.8, 4) is 17.2 Å². The second-order valence-electron chi connectivity index (χ2n) is 9.87. The highest BCUT2D eigenvalue weighted by Crippen LogP contribution is 2.41. The van der Waals surface area contributed by atoms with Crippen molar-refractivity contribution < 1.29 is 44.6 Å². The number of ether oxygens (including phenoxy) is 2. The Labute approximate surface area is 246 Å². The molecule has 0 amide bonds. The lowest BCUT2D eigenvalue weighted by Gasteiger charge is -2.37. The van der Waals surface area contributed by atoms with E-state index in [0.717, 1.165) is 29.6 Å². The second-order valence-corrected chi connectivity index (χ2v) is 11.5. The molecule has 2 heterocycles. The molecule has 13 heteroatoms. The van der Waals surface area contributed by atoms with Crippen LogP contribution in [0.2, 0.25) is 0 Å². The molecule has 0 spiro atoms. The maximum Gasteiger partial charge on any atom is 0.501 e. The van der Waals surface area contributed by atoms with Gasteiger partial charge in [0.25, 0.3) is 0 Å². The Morgan fingerprint density at radius 3 is 2.55 bits per heavy atom. The molecule has 0 bridgehead atoms. The molecule has 0 radical (unpaired) electrons. The molecule has 4 atom stereocenters. The average Bonchev–Trinajstić information content (AvgIpc) is 3.30. The molecule has 4 unspecified atom stereocenters. The normalized spacial score (nSPS) is 22.8. The SMILES string of the molecule is Cc1ccc(OC2CC(OI)C(O)C(CO)O2)c(OS(=O)(=O)Oc2cc3c(c4cc(CO)ccc24)CCN3C)c1. The van der Waals surface area contributed by atoms with Crippen molar-refractivity contribution in [3.05, 3.63) is 59.2 Å². The summed E-state index contributed by atoms with van der Waals surface area (Å²) in [5.41, 5.74) is 3.31. The topological polar surface area (TPSA) is 144 Å². The van der Waals surface area contributed by atoms with Crippen molar-refractivity contribution >= 4 is 49.9 Å². The number of nitrogens with zero attached hydrogens (tertiary/aromatic N) is 1. The van der Waals surface area contributed by atoms with Crippen LogP contribution in [0.3, 0.4) is 0 Å². The summed E-state index contributed by atoms with van der Waals surface area (Å²) >= 11 is 1.66. The number of likely N-dealkylation sites (N-methyl/N-ethyl adjacent to an activating group) is 1. The van der Waals surface area contributed by atoms with Crippen LogP contribution in [-0.2, 0) is 31.2 Å². The molecular formula is C27H30INO10S. The minimum Gasteiger partial charge on any atom is -0.461 e. The quantitative estimate of drug-likeness (QED) is 0.286. The van der Waals surface area contributed by atoms with Gasteiger partial charge in [0, 0.05) is 37.2 Å². The first-order valence-corrected chi connectivity index (χ1v) is 14.9. The molecule has 3 aromatic rings. The lowest BCUT2D eigenvalue weighted by Crippen LogP contribution is -2.51. The zero-order valence-electron chi connectivity index (χ0n) is 21.8. The van der Waals surface area contributed by atoms with Crippen LogP contribution in [0.25, 0.3) is 10.8 Å². The van der Waals surface area contributed by atoms with Crippen LogP contribution >= 0.6 is 23.0 Å². The predicted molar refractivity (Wildman–Crippen MR) is 154 cm³/mol. The molecule has 2 aliphatic heterocycles. The van der Waals surface area contributed by atoms with Gasteiger partial charge in [-0.3, -0.25) is 0 Å². The van der Waals surface area contributed by atoms with Gasteiger partial charge in [0.2, 0.25) is 6.29 Å². The molecule has 1 fully saturated rings. The Morgan fingerprint density at radius 1 is 1.05 bits per heavy atom. The molecule has 0 aliphatic carbocycles. The largest absolute Gasteiger partial charge is 0.501 e. The number of halogens is 1. The van der Waals surface area contributed by atoms with E-state index in [1.807, 2.05) is 18.0 Å². The van der Waals surface area contributed by atoms with Gasteiger partial charge in [0.05, 0.1) is 13.2 Å². The first kappa shape index (κ1) is 29.1. The Hall–Kier alpha value is -2.40. The van der Waals surface area contributed by atoms with Crippen LogP contribution < -0.4 is 18.0 Å². The lowest BCUT2D eigenvalue weighted by atomic mass is 9.99. The highest BCUT2D eigenvalue weighted by Gasteiger charge is 2.39. The van der Waals surface area contributed by atoms with E-state index >= 15 is 0 Å². The van der Waals surface area contributed by atoms with E-state index < -0.39 is 41.6 Å². The highest BCUT2D eigenvalue weighted by atomic mass is 127. The number of benzene rings is 3.